The molecule has 0 unspecified atom stereocenters. The van der Waals surface area contributed by atoms with Gasteiger partial charge in [0.05, 0.1) is 10.7 Å². The largest absolute Gasteiger partial charge is 0.295 e. The maximum absolute atomic E-state index is 11.6. The Morgan fingerprint density at radius 2 is 2.00 bits per heavy atom. The van der Waals surface area contributed by atoms with Crippen molar-refractivity contribution in [3.8, 4) is 0 Å². The van der Waals surface area contributed by atoms with Crippen molar-refractivity contribution in [1.82, 2.24) is 4.98 Å². The summed E-state index contributed by atoms with van der Waals surface area (Å²) >= 11 is 1.71. The van der Waals surface area contributed by atoms with Crippen molar-refractivity contribution in [3.63, 3.8) is 0 Å². The van der Waals surface area contributed by atoms with E-state index in [0.29, 0.717) is 6.42 Å². The van der Waals surface area contributed by atoms with Gasteiger partial charge in [0, 0.05) is 23.6 Å². The fourth-order valence-corrected chi connectivity index (χ4v) is 3.17. The van der Waals surface area contributed by atoms with Crippen LogP contribution in [0.1, 0.15) is 57.2 Å². The van der Waals surface area contributed by atoms with E-state index in [2.05, 4.69) is 26.2 Å². The molecular formula is C15H21NOS. The second-order valence-corrected chi connectivity index (χ2v) is 6.97. The summed E-state index contributed by atoms with van der Waals surface area (Å²) in [7, 11) is 0. The summed E-state index contributed by atoms with van der Waals surface area (Å²) in [6.45, 7) is 6.54. The number of nitrogens with zero attached hydrogens (tertiary/aromatic N) is 1. The average Bonchev–Trinajstić information content (AvgIpc) is 2.63. The maximum Gasteiger partial charge on any atom is 0.155 e. The van der Waals surface area contributed by atoms with Crippen LogP contribution in [0, 0.1) is 0 Å². The van der Waals surface area contributed by atoms with Crippen molar-refractivity contribution in [2.24, 2.45) is 0 Å². The fourth-order valence-electron chi connectivity index (χ4n) is 2.09. The van der Waals surface area contributed by atoms with Crippen molar-refractivity contribution in [2.45, 2.75) is 58.3 Å². The molecule has 0 saturated carbocycles. The highest BCUT2D eigenvalue weighted by molar-refractivity contribution is 7.09. The lowest BCUT2D eigenvalue weighted by molar-refractivity contribution is -0.114. The normalized spacial score (nSPS) is 17.5. The van der Waals surface area contributed by atoms with Crippen LogP contribution in [0.4, 0.5) is 0 Å². The van der Waals surface area contributed by atoms with E-state index < -0.39 is 0 Å². The molecule has 1 aromatic rings. The molecule has 3 heteroatoms. The van der Waals surface area contributed by atoms with Crippen molar-refractivity contribution in [1.29, 1.82) is 0 Å². The van der Waals surface area contributed by atoms with Gasteiger partial charge in [-0.1, -0.05) is 26.3 Å². The van der Waals surface area contributed by atoms with E-state index in [1.165, 1.54) is 5.57 Å². The van der Waals surface area contributed by atoms with Crippen LogP contribution in [-0.2, 0) is 16.6 Å². The van der Waals surface area contributed by atoms with Crippen molar-refractivity contribution in [3.05, 3.63) is 27.7 Å². The first-order valence-electron chi connectivity index (χ1n) is 6.62. The van der Waals surface area contributed by atoms with Gasteiger partial charge in [0.1, 0.15) is 0 Å². The van der Waals surface area contributed by atoms with E-state index in [-0.39, 0.29) is 11.2 Å². The molecule has 0 bridgehead atoms. The first kappa shape index (κ1) is 13.5. The Labute approximate surface area is 113 Å². The number of carbonyl (C=O) groups excluding carboxylic acids is 1. The number of allylic oxidation sites excluding steroid dienone is 2. The predicted molar refractivity (Wildman–Crippen MR) is 76.1 cm³/mol. The van der Waals surface area contributed by atoms with Crippen molar-refractivity contribution in [2.75, 3.05) is 0 Å². The van der Waals surface area contributed by atoms with Crippen LogP contribution in [-0.4, -0.2) is 10.8 Å². The lowest BCUT2D eigenvalue weighted by Crippen LogP contribution is -2.11. The quantitative estimate of drug-likeness (QED) is 0.805. The summed E-state index contributed by atoms with van der Waals surface area (Å²) in [6, 6.07) is 0. The third-order valence-electron chi connectivity index (χ3n) is 3.23. The fraction of sp³-hybridized carbons (Fsp3) is 0.600. The van der Waals surface area contributed by atoms with Gasteiger partial charge < -0.3 is 0 Å². The second kappa shape index (κ2) is 5.35. The molecule has 2 nitrogen and oxygen atoms in total. The van der Waals surface area contributed by atoms with Crippen LogP contribution in [0.15, 0.2) is 17.0 Å². The lowest BCUT2D eigenvalue weighted by Gasteiger charge is -2.14. The highest BCUT2D eigenvalue weighted by Crippen LogP contribution is 2.26. The molecule has 1 aromatic heterocycles. The second-order valence-electron chi connectivity index (χ2n) is 6.03. The maximum atomic E-state index is 11.6. The molecule has 0 atom stereocenters. The van der Waals surface area contributed by atoms with Crippen LogP contribution in [0.2, 0.25) is 0 Å². The Kier molecular flexibility index (Phi) is 4.00. The van der Waals surface area contributed by atoms with Gasteiger partial charge in [0.25, 0.3) is 0 Å². The summed E-state index contributed by atoms with van der Waals surface area (Å²) in [5.41, 5.74) is 2.53. The molecule has 1 aliphatic rings. The van der Waals surface area contributed by atoms with E-state index in [1.807, 2.05) is 6.08 Å². The number of aromatic nitrogens is 1. The lowest BCUT2D eigenvalue weighted by atomic mass is 9.93. The molecule has 18 heavy (non-hydrogen) atoms. The number of hydrogen-bond donors (Lipinski definition) is 0. The number of hydrogen-bond acceptors (Lipinski definition) is 3. The molecule has 98 valence electrons. The minimum Gasteiger partial charge on any atom is -0.295 e. The minimum absolute atomic E-state index is 0.113. The Bertz CT molecular complexity index is 465. The first-order valence-corrected chi connectivity index (χ1v) is 7.50. The van der Waals surface area contributed by atoms with Crippen LogP contribution in [0.5, 0.6) is 0 Å². The topological polar surface area (TPSA) is 30.0 Å². The molecule has 1 heterocycles. The molecular weight excluding hydrogens is 242 g/mol. The van der Waals surface area contributed by atoms with Crippen LogP contribution < -0.4 is 0 Å². The van der Waals surface area contributed by atoms with Crippen molar-refractivity contribution >= 4 is 17.1 Å². The van der Waals surface area contributed by atoms with E-state index >= 15 is 0 Å². The van der Waals surface area contributed by atoms with E-state index in [1.54, 1.807) is 11.3 Å². The van der Waals surface area contributed by atoms with Gasteiger partial charge in [-0.05, 0) is 25.3 Å². The zero-order chi connectivity index (χ0) is 13.2. The van der Waals surface area contributed by atoms with Gasteiger partial charge in [0.15, 0.2) is 5.78 Å². The molecule has 0 amide bonds. The molecule has 0 aliphatic heterocycles. The summed E-state index contributed by atoms with van der Waals surface area (Å²) in [4.78, 5) is 16.3. The van der Waals surface area contributed by atoms with Gasteiger partial charge in [-0.15, -0.1) is 11.3 Å². The van der Waals surface area contributed by atoms with Gasteiger partial charge in [-0.2, -0.15) is 0 Å². The highest BCUT2D eigenvalue weighted by atomic mass is 32.1. The highest BCUT2D eigenvalue weighted by Gasteiger charge is 2.18. The number of carbonyl (C=O) groups is 1. The molecule has 0 saturated heterocycles. The van der Waals surface area contributed by atoms with Crippen LogP contribution in [0.25, 0.3) is 0 Å². The third-order valence-corrected chi connectivity index (χ3v) is 4.08. The SMILES string of the molecule is CC(C)(C)c1csc(CC2=CC(=O)CCCC2)n1. The smallest absolute Gasteiger partial charge is 0.155 e. The summed E-state index contributed by atoms with van der Waals surface area (Å²) in [5, 5.41) is 3.29. The molecule has 1 aliphatic carbocycles. The number of rotatable bonds is 2. The van der Waals surface area contributed by atoms with E-state index in [9.17, 15) is 4.79 Å². The van der Waals surface area contributed by atoms with Crippen LogP contribution >= 0.6 is 11.3 Å². The molecule has 2 rings (SSSR count). The van der Waals surface area contributed by atoms with Gasteiger partial charge >= 0.3 is 0 Å². The summed E-state index contributed by atoms with van der Waals surface area (Å²) in [5.74, 6) is 0.287. The van der Waals surface area contributed by atoms with Gasteiger partial charge in [-0.25, -0.2) is 4.98 Å². The van der Waals surface area contributed by atoms with E-state index in [4.69, 9.17) is 4.98 Å². The zero-order valence-corrected chi connectivity index (χ0v) is 12.3. The third kappa shape index (κ3) is 3.52. The average molecular weight is 263 g/mol. The molecule has 0 spiro atoms. The number of ketones is 1. The molecule has 0 aromatic carbocycles. The van der Waals surface area contributed by atoms with Gasteiger partial charge in [0.2, 0.25) is 0 Å². The monoisotopic (exact) mass is 263 g/mol. The predicted octanol–water partition coefficient (Wildman–Crippen LogP) is 4.05. The summed E-state index contributed by atoms with van der Waals surface area (Å²) < 4.78 is 0. The number of thiazole rings is 1. The Morgan fingerprint density at radius 3 is 2.67 bits per heavy atom. The minimum atomic E-state index is 0.113. The Morgan fingerprint density at radius 1 is 1.28 bits per heavy atom. The first-order chi connectivity index (χ1) is 8.45. The Hall–Kier alpha value is -0.960. The van der Waals surface area contributed by atoms with Crippen LogP contribution in [0.3, 0.4) is 0 Å². The molecule has 0 N–H and O–H groups in total. The zero-order valence-electron chi connectivity index (χ0n) is 11.5. The van der Waals surface area contributed by atoms with Gasteiger partial charge in [-0.3, -0.25) is 4.79 Å². The molecule has 0 fully saturated rings. The Balaban J connectivity index is 2.09. The standard InChI is InChI=1S/C15H21NOS/c1-15(2,3)13-10-18-14(16-13)9-11-6-4-5-7-12(17)8-11/h8,10H,4-7,9H2,1-3H3. The summed E-state index contributed by atoms with van der Waals surface area (Å²) in [6.07, 6.45) is 6.64. The van der Waals surface area contributed by atoms with Crippen molar-refractivity contribution < 1.29 is 4.79 Å². The molecule has 0 radical (unpaired) electrons. The van der Waals surface area contributed by atoms with E-state index in [0.717, 1.165) is 36.4 Å².